The van der Waals surface area contributed by atoms with Crippen molar-refractivity contribution in [3.05, 3.63) is 23.8 Å². The van der Waals surface area contributed by atoms with Gasteiger partial charge in [0.15, 0.2) is 0 Å². The summed E-state index contributed by atoms with van der Waals surface area (Å²) in [6.07, 6.45) is 3.74. The Morgan fingerprint density at radius 3 is 3.00 bits per heavy atom. The summed E-state index contributed by atoms with van der Waals surface area (Å²) in [5.74, 6) is 4.51. The van der Waals surface area contributed by atoms with Crippen LogP contribution in [0.4, 0.5) is 0 Å². The molecule has 0 unspecified atom stereocenters. The molecule has 1 rings (SSSR count). The molecule has 3 N–H and O–H groups in total. The number of hydrogen-bond donors (Lipinski definition) is 2. The topological polar surface area (TPSA) is 80.9 Å². The minimum Gasteiger partial charge on any atom is -0.289 e. The molecule has 5 nitrogen and oxygen atoms in total. The molecule has 0 saturated heterocycles. The number of amides is 1. The molecular weight excluding hydrogens is 156 g/mol. The molecule has 64 valence electrons. The predicted molar refractivity (Wildman–Crippen MR) is 43.1 cm³/mol. The van der Waals surface area contributed by atoms with Gasteiger partial charge in [-0.05, 0) is 6.42 Å². The molecule has 1 aromatic heterocycles. The number of nitrogens with zero attached hydrogens (tertiary/aromatic N) is 2. The molecule has 0 radical (unpaired) electrons. The third-order valence-electron chi connectivity index (χ3n) is 1.41. The molecule has 0 aliphatic carbocycles. The largest absolute Gasteiger partial charge is 0.289 e. The molecule has 0 aliphatic heterocycles. The van der Waals surface area contributed by atoms with Gasteiger partial charge in [-0.3, -0.25) is 15.2 Å². The number of nitrogens with two attached hydrogens (primary N) is 1. The zero-order chi connectivity index (χ0) is 8.97. The fraction of sp³-hybridized carbons (Fsp3) is 0.286. The van der Waals surface area contributed by atoms with E-state index in [9.17, 15) is 4.79 Å². The van der Waals surface area contributed by atoms with Crippen LogP contribution in [0.3, 0.4) is 0 Å². The van der Waals surface area contributed by atoms with Gasteiger partial charge in [0.2, 0.25) is 0 Å². The molecule has 0 atom stereocenters. The van der Waals surface area contributed by atoms with Crippen molar-refractivity contribution in [1.82, 2.24) is 15.4 Å². The van der Waals surface area contributed by atoms with Crippen molar-refractivity contribution in [2.75, 3.05) is 0 Å². The Hall–Kier alpha value is -1.49. The second-order valence-electron chi connectivity index (χ2n) is 2.22. The lowest BCUT2D eigenvalue weighted by molar-refractivity contribution is 0.0948. The second kappa shape index (κ2) is 3.77. The highest BCUT2D eigenvalue weighted by Gasteiger charge is 2.05. The molecule has 0 saturated carbocycles. The molecule has 1 amide bonds. The molecule has 0 aliphatic rings. The number of nitrogen functional groups attached to an aromatic ring is 1. The molecule has 0 bridgehead atoms. The number of hydrogen-bond acceptors (Lipinski definition) is 4. The number of hydrazine groups is 1. The fourth-order valence-electron chi connectivity index (χ4n) is 0.760. The molecule has 12 heavy (non-hydrogen) atoms. The Balaban J connectivity index is 2.93. The Bertz CT molecular complexity index is 286. The average molecular weight is 166 g/mol. The monoisotopic (exact) mass is 166 g/mol. The quantitative estimate of drug-likeness (QED) is 0.357. The lowest BCUT2D eigenvalue weighted by atomic mass is 10.3. The minimum atomic E-state index is -0.419. The number of aromatic nitrogens is 2. The Labute approximate surface area is 70.0 Å². The number of carbonyl (C=O) groups excluding carboxylic acids is 1. The molecule has 1 heterocycles. The molecule has 0 spiro atoms. The maximum atomic E-state index is 10.9. The van der Waals surface area contributed by atoms with Crippen LogP contribution in [0.15, 0.2) is 12.4 Å². The van der Waals surface area contributed by atoms with Gasteiger partial charge < -0.3 is 0 Å². The van der Waals surface area contributed by atoms with Gasteiger partial charge in [-0.15, -0.1) is 0 Å². The van der Waals surface area contributed by atoms with Gasteiger partial charge in [0.05, 0.1) is 11.9 Å². The van der Waals surface area contributed by atoms with Crippen LogP contribution < -0.4 is 11.3 Å². The number of aryl methyl sites for hydroxylation is 1. The van der Waals surface area contributed by atoms with Crippen molar-refractivity contribution < 1.29 is 4.79 Å². The summed E-state index contributed by atoms with van der Waals surface area (Å²) < 4.78 is 0. The summed E-state index contributed by atoms with van der Waals surface area (Å²) in [6, 6.07) is 0. The molecular formula is C7H10N4O. The van der Waals surface area contributed by atoms with Gasteiger partial charge in [0, 0.05) is 6.20 Å². The molecule has 5 heteroatoms. The normalized spacial score (nSPS) is 9.50. The van der Waals surface area contributed by atoms with E-state index in [0.29, 0.717) is 0 Å². The van der Waals surface area contributed by atoms with E-state index in [1.165, 1.54) is 6.20 Å². The van der Waals surface area contributed by atoms with Crippen LogP contribution in [-0.2, 0) is 6.42 Å². The Morgan fingerprint density at radius 1 is 1.67 bits per heavy atom. The fourth-order valence-corrected chi connectivity index (χ4v) is 0.760. The highest BCUT2D eigenvalue weighted by atomic mass is 16.2. The summed E-state index contributed by atoms with van der Waals surface area (Å²) in [7, 11) is 0. The van der Waals surface area contributed by atoms with Gasteiger partial charge in [-0.25, -0.2) is 10.8 Å². The van der Waals surface area contributed by atoms with Crippen LogP contribution in [0, 0.1) is 0 Å². The number of nitrogens with one attached hydrogen (secondary N) is 1. The van der Waals surface area contributed by atoms with Crippen molar-refractivity contribution in [1.29, 1.82) is 0 Å². The van der Waals surface area contributed by atoms with Crippen LogP contribution in [0.1, 0.15) is 23.1 Å². The SMILES string of the molecule is CCc1cncc(C(=O)NN)n1. The van der Waals surface area contributed by atoms with Gasteiger partial charge in [0.1, 0.15) is 5.69 Å². The van der Waals surface area contributed by atoms with Crippen LogP contribution in [0.5, 0.6) is 0 Å². The van der Waals surface area contributed by atoms with Crippen LogP contribution in [0.2, 0.25) is 0 Å². The Kier molecular flexibility index (Phi) is 2.71. The maximum Gasteiger partial charge on any atom is 0.285 e. The van der Waals surface area contributed by atoms with E-state index in [-0.39, 0.29) is 5.69 Å². The van der Waals surface area contributed by atoms with E-state index in [0.717, 1.165) is 12.1 Å². The third-order valence-corrected chi connectivity index (χ3v) is 1.41. The van der Waals surface area contributed by atoms with E-state index in [1.54, 1.807) is 6.20 Å². The van der Waals surface area contributed by atoms with Gasteiger partial charge >= 0.3 is 0 Å². The standard InChI is InChI=1S/C7H10N4O/c1-2-5-3-9-4-6(10-5)7(12)11-8/h3-4H,2,8H2,1H3,(H,11,12). The van der Waals surface area contributed by atoms with E-state index < -0.39 is 5.91 Å². The number of rotatable bonds is 2. The Morgan fingerprint density at radius 2 is 2.42 bits per heavy atom. The molecule has 0 aromatic carbocycles. The zero-order valence-electron chi connectivity index (χ0n) is 6.74. The smallest absolute Gasteiger partial charge is 0.285 e. The first-order valence-corrected chi connectivity index (χ1v) is 3.59. The first-order valence-electron chi connectivity index (χ1n) is 3.59. The summed E-state index contributed by atoms with van der Waals surface area (Å²) in [4.78, 5) is 18.8. The molecule has 1 aromatic rings. The first-order chi connectivity index (χ1) is 5.77. The van der Waals surface area contributed by atoms with Crippen molar-refractivity contribution in [3.63, 3.8) is 0 Å². The lowest BCUT2D eigenvalue weighted by Gasteiger charge is -1.99. The van der Waals surface area contributed by atoms with Crippen LogP contribution in [-0.4, -0.2) is 15.9 Å². The highest BCUT2D eigenvalue weighted by Crippen LogP contribution is 1.96. The summed E-state index contributed by atoms with van der Waals surface area (Å²) in [5, 5.41) is 0. The lowest BCUT2D eigenvalue weighted by Crippen LogP contribution is -2.31. The average Bonchev–Trinajstić information content (AvgIpc) is 2.17. The van der Waals surface area contributed by atoms with E-state index in [4.69, 9.17) is 5.84 Å². The van der Waals surface area contributed by atoms with Crippen LogP contribution in [0.25, 0.3) is 0 Å². The minimum absolute atomic E-state index is 0.247. The maximum absolute atomic E-state index is 10.9. The molecule has 0 fully saturated rings. The highest BCUT2D eigenvalue weighted by molar-refractivity contribution is 5.91. The summed E-state index contributed by atoms with van der Waals surface area (Å²) in [6.45, 7) is 1.94. The van der Waals surface area contributed by atoms with Gasteiger partial charge in [-0.2, -0.15) is 0 Å². The zero-order valence-corrected chi connectivity index (χ0v) is 6.74. The number of carbonyl (C=O) groups is 1. The summed E-state index contributed by atoms with van der Waals surface area (Å²) >= 11 is 0. The summed E-state index contributed by atoms with van der Waals surface area (Å²) in [5.41, 5.74) is 3.01. The van der Waals surface area contributed by atoms with Crippen molar-refractivity contribution in [2.24, 2.45) is 5.84 Å². The van der Waals surface area contributed by atoms with Crippen LogP contribution >= 0.6 is 0 Å². The van der Waals surface area contributed by atoms with Gasteiger partial charge in [-0.1, -0.05) is 6.92 Å². The van der Waals surface area contributed by atoms with Crippen molar-refractivity contribution in [2.45, 2.75) is 13.3 Å². The first kappa shape index (κ1) is 8.61. The van der Waals surface area contributed by atoms with Gasteiger partial charge in [0.25, 0.3) is 5.91 Å². The van der Waals surface area contributed by atoms with Crippen molar-refractivity contribution in [3.8, 4) is 0 Å². The predicted octanol–water partition coefficient (Wildman–Crippen LogP) is -0.358. The second-order valence-corrected chi connectivity index (χ2v) is 2.22. The van der Waals surface area contributed by atoms with E-state index in [2.05, 4.69) is 9.97 Å². The van der Waals surface area contributed by atoms with E-state index in [1.807, 2.05) is 12.3 Å². The van der Waals surface area contributed by atoms with Crippen molar-refractivity contribution >= 4 is 5.91 Å². The third kappa shape index (κ3) is 1.76. The van der Waals surface area contributed by atoms with E-state index >= 15 is 0 Å².